The first-order valence-electron chi connectivity index (χ1n) is 5.43. The van der Waals surface area contributed by atoms with Crippen LogP contribution in [0.5, 0.6) is 5.75 Å². The lowest BCUT2D eigenvalue weighted by atomic mass is 10.3. The van der Waals surface area contributed by atoms with Crippen LogP contribution in [0.2, 0.25) is 0 Å². The lowest BCUT2D eigenvalue weighted by Gasteiger charge is -2.10. The van der Waals surface area contributed by atoms with Crippen LogP contribution in [0.3, 0.4) is 0 Å². The quantitative estimate of drug-likeness (QED) is 0.841. The van der Waals surface area contributed by atoms with Crippen LogP contribution >= 0.6 is 0 Å². The summed E-state index contributed by atoms with van der Waals surface area (Å²) in [4.78, 5) is 11.4. The summed E-state index contributed by atoms with van der Waals surface area (Å²) in [6.07, 6.45) is 1.76. The molecule has 1 fully saturated rings. The molecule has 0 spiro atoms. The standard InChI is InChI=1S/C11H14N2O4S/c1-17-9-5-4-8(6-10(9)18(12,15)16)13-11(14)7-2-3-7/h4-7H,2-3H2,1H3,(H,13,14)(H2,12,15,16). The van der Waals surface area contributed by atoms with E-state index in [0.29, 0.717) is 5.69 Å². The van der Waals surface area contributed by atoms with Crippen LogP contribution < -0.4 is 15.2 Å². The zero-order chi connectivity index (χ0) is 13.3. The summed E-state index contributed by atoms with van der Waals surface area (Å²) in [6, 6.07) is 4.34. The van der Waals surface area contributed by atoms with E-state index < -0.39 is 10.0 Å². The number of nitrogens with two attached hydrogens (primary N) is 1. The minimum atomic E-state index is -3.88. The van der Waals surface area contributed by atoms with Gasteiger partial charge in [-0.05, 0) is 31.0 Å². The molecule has 1 aromatic rings. The predicted molar refractivity (Wildman–Crippen MR) is 65.7 cm³/mol. The normalized spacial score (nSPS) is 15.2. The van der Waals surface area contributed by atoms with Crippen LogP contribution in [-0.4, -0.2) is 21.4 Å². The zero-order valence-electron chi connectivity index (χ0n) is 9.84. The van der Waals surface area contributed by atoms with Gasteiger partial charge in [0.05, 0.1) is 7.11 Å². The average Bonchev–Trinajstić information content (AvgIpc) is 3.11. The van der Waals surface area contributed by atoms with Crippen molar-refractivity contribution in [3.8, 4) is 5.75 Å². The lowest BCUT2D eigenvalue weighted by Crippen LogP contribution is -2.16. The number of hydrogen-bond acceptors (Lipinski definition) is 4. The number of carbonyl (C=O) groups excluding carboxylic acids is 1. The Morgan fingerprint density at radius 1 is 1.44 bits per heavy atom. The van der Waals surface area contributed by atoms with Crippen LogP contribution in [0.15, 0.2) is 23.1 Å². The van der Waals surface area contributed by atoms with E-state index in [1.165, 1.54) is 19.2 Å². The largest absolute Gasteiger partial charge is 0.495 e. The number of sulfonamides is 1. The highest BCUT2D eigenvalue weighted by atomic mass is 32.2. The number of methoxy groups -OCH3 is 1. The number of rotatable bonds is 4. The Morgan fingerprint density at radius 3 is 2.61 bits per heavy atom. The summed E-state index contributed by atoms with van der Waals surface area (Å²) in [5, 5.41) is 7.74. The summed E-state index contributed by atoms with van der Waals surface area (Å²) in [5.41, 5.74) is 0.400. The highest BCUT2D eigenvalue weighted by molar-refractivity contribution is 7.89. The number of benzene rings is 1. The number of primary sulfonamides is 1. The van der Waals surface area contributed by atoms with Crippen molar-refractivity contribution in [2.24, 2.45) is 11.1 Å². The maximum Gasteiger partial charge on any atom is 0.241 e. The summed E-state index contributed by atoms with van der Waals surface area (Å²) in [5.74, 6) is 0.104. The van der Waals surface area contributed by atoms with Gasteiger partial charge in [0, 0.05) is 11.6 Å². The first kappa shape index (κ1) is 12.8. The van der Waals surface area contributed by atoms with Crippen LogP contribution in [0.1, 0.15) is 12.8 Å². The number of amides is 1. The second-order valence-corrected chi connectivity index (χ2v) is 5.70. The Bertz CT molecular complexity index is 579. The third kappa shape index (κ3) is 2.80. The Morgan fingerprint density at radius 2 is 2.11 bits per heavy atom. The van der Waals surface area contributed by atoms with E-state index >= 15 is 0 Å². The number of nitrogens with one attached hydrogen (secondary N) is 1. The first-order chi connectivity index (χ1) is 8.41. The Hall–Kier alpha value is -1.60. The van der Waals surface area contributed by atoms with Gasteiger partial charge in [0.2, 0.25) is 15.9 Å². The number of anilines is 1. The summed E-state index contributed by atoms with van der Waals surface area (Å²) in [6.45, 7) is 0. The molecule has 0 aromatic heterocycles. The van der Waals surface area contributed by atoms with Crippen molar-refractivity contribution >= 4 is 21.6 Å². The molecule has 0 aliphatic heterocycles. The molecule has 1 aliphatic rings. The van der Waals surface area contributed by atoms with E-state index in [4.69, 9.17) is 9.88 Å². The van der Waals surface area contributed by atoms with Crippen molar-refractivity contribution in [3.05, 3.63) is 18.2 Å². The van der Waals surface area contributed by atoms with Crippen molar-refractivity contribution in [2.75, 3.05) is 12.4 Å². The summed E-state index contributed by atoms with van der Waals surface area (Å²) >= 11 is 0. The molecule has 0 heterocycles. The van der Waals surface area contributed by atoms with Crippen molar-refractivity contribution < 1.29 is 17.9 Å². The molecule has 0 radical (unpaired) electrons. The topological polar surface area (TPSA) is 98.5 Å². The van der Waals surface area contributed by atoms with Gasteiger partial charge in [0.25, 0.3) is 0 Å². The fraction of sp³-hybridized carbons (Fsp3) is 0.364. The fourth-order valence-electron chi connectivity index (χ4n) is 1.57. The Balaban J connectivity index is 2.30. The smallest absolute Gasteiger partial charge is 0.241 e. The maximum atomic E-state index is 11.6. The van der Waals surface area contributed by atoms with Crippen molar-refractivity contribution in [1.29, 1.82) is 0 Å². The van der Waals surface area contributed by atoms with E-state index in [0.717, 1.165) is 12.8 Å². The van der Waals surface area contributed by atoms with E-state index in [1.54, 1.807) is 6.07 Å². The minimum absolute atomic E-state index is 0.0463. The molecule has 18 heavy (non-hydrogen) atoms. The van der Waals surface area contributed by atoms with Gasteiger partial charge in [-0.25, -0.2) is 13.6 Å². The second-order valence-electron chi connectivity index (χ2n) is 4.17. The monoisotopic (exact) mass is 270 g/mol. The molecule has 1 aliphatic carbocycles. The van der Waals surface area contributed by atoms with Crippen molar-refractivity contribution in [3.63, 3.8) is 0 Å². The number of carbonyl (C=O) groups is 1. The summed E-state index contributed by atoms with van der Waals surface area (Å²) < 4.78 is 27.7. The molecule has 0 unspecified atom stereocenters. The zero-order valence-corrected chi connectivity index (χ0v) is 10.7. The SMILES string of the molecule is COc1ccc(NC(=O)C2CC2)cc1S(N)(=O)=O. The minimum Gasteiger partial charge on any atom is -0.495 e. The molecule has 0 atom stereocenters. The molecule has 6 nitrogen and oxygen atoms in total. The van der Waals surface area contributed by atoms with Gasteiger partial charge < -0.3 is 10.1 Å². The third-order valence-electron chi connectivity index (χ3n) is 2.69. The predicted octanol–water partition coefficient (Wildman–Crippen LogP) is 0.691. The molecule has 0 bridgehead atoms. The van der Waals surface area contributed by atoms with Gasteiger partial charge in [-0.3, -0.25) is 4.79 Å². The van der Waals surface area contributed by atoms with E-state index in [2.05, 4.69) is 5.32 Å². The molecule has 1 saturated carbocycles. The molecule has 3 N–H and O–H groups in total. The molecule has 98 valence electrons. The van der Waals surface area contributed by atoms with Crippen molar-refractivity contribution in [1.82, 2.24) is 0 Å². The van der Waals surface area contributed by atoms with Gasteiger partial charge >= 0.3 is 0 Å². The molecule has 7 heteroatoms. The maximum absolute atomic E-state index is 11.6. The molecule has 0 saturated heterocycles. The highest BCUT2D eigenvalue weighted by Crippen LogP contribution is 2.31. The molecule has 1 amide bonds. The Labute approximate surface area is 105 Å². The number of hydrogen-bond donors (Lipinski definition) is 2. The van der Waals surface area contributed by atoms with Gasteiger partial charge in [-0.2, -0.15) is 0 Å². The molecular formula is C11H14N2O4S. The van der Waals surface area contributed by atoms with Gasteiger partial charge in [0.15, 0.2) is 0 Å². The van der Waals surface area contributed by atoms with E-state index in [1.807, 2.05) is 0 Å². The van der Waals surface area contributed by atoms with Gasteiger partial charge in [-0.1, -0.05) is 0 Å². The Kier molecular flexibility index (Phi) is 3.27. The third-order valence-corrected chi connectivity index (χ3v) is 3.62. The molecule has 1 aromatic carbocycles. The molecule has 2 rings (SSSR count). The number of ether oxygens (including phenoxy) is 1. The average molecular weight is 270 g/mol. The first-order valence-corrected chi connectivity index (χ1v) is 6.98. The van der Waals surface area contributed by atoms with Crippen LogP contribution in [0, 0.1) is 5.92 Å². The highest BCUT2D eigenvalue weighted by Gasteiger charge is 2.29. The van der Waals surface area contributed by atoms with Crippen LogP contribution in [-0.2, 0) is 14.8 Å². The second kappa shape index (κ2) is 4.58. The summed E-state index contributed by atoms with van der Waals surface area (Å²) in [7, 11) is -2.53. The van der Waals surface area contributed by atoms with Crippen LogP contribution in [0.4, 0.5) is 5.69 Å². The molecular weight excluding hydrogens is 256 g/mol. The van der Waals surface area contributed by atoms with Crippen LogP contribution in [0.25, 0.3) is 0 Å². The fourth-order valence-corrected chi connectivity index (χ4v) is 2.29. The van der Waals surface area contributed by atoms with E-state index in [-0.39, 0.29) is 22.5 Å². The van der Waals surface area contributed by atoms with Crippen molar-refractivity contribution in [2.45, 2.75) is 17.7 Å². The van der Waals surface area contributed by atoms with Gasteiger partial charge in [-0.15, -0.1) is 0 Å². The lowest BCUT2D eigenvalue weighted by molar-refractivity contribution is -0.117. The van der Waals surface area contributed by atoms with E-state index in [9.17, 15) is 13.2 Å². The van der Waals surface area contributed by atoms with Gasteiger partial charge in [0.1, 0.15) is 10.6 Å².